The molecular weight excluding hydrogens is 212 g/mol. The number of rotatable bonds is 10. The lowest BCUT2D eigenvalue weighted by Crippen LogP contribution is -2.10. The lowest BCUT2D eigenvalue weighted by molar-refractivity contribution is -0.144. The molecule has 94 valence electrons. The number of methoxy groups -OCH3 is 1. The van der Waals surface area contributed by atoms with Crippen LogP contribution in [-0.4, -0.2) is 45.3 Å². The van der Waals surface area contributed by atoms with Gasteiger partial charge in [0, 0.05) is 20.0 Å². The van der Waals surface area contributed by atoms with Crippen molar-refractivity contribution in [3.8, 4) is 0 Å². The van der Waals surface area contributed by atoms with E-state index in [2.05, 4.69) is 0 Å². The van der Waals surface area contributed by atoms with Crippen LogP contribution in [0.4, 0.5) is 0 Å². The summed E-state index contributed by atoms with van der Waals surface area (Å²) in [5.74, 6) is -0.304. The van der Waals surface area contributed by atoms with Crippen molar-refractivity contribution in [2.24, 2.45) is 0 Å². The minimum atomic E-state index is -0.323. The lowest BCUT2D eigenvalue weighted by atomic mass is 10.2. The second-order valence-electron chi connectivity index (χ2n) is 3.20. The van der Waals surface area contributed by atoms with Gasteiger partial charge in [0.25, 0.3) is 0 Å². The molecule has 0 unspecified atom stereocenters. The number of carbonyl (C=O) groups is 2. The van der Waals surface area contributed by atoms with Crippen LogP contribution >= 0.6 is 0 Å². The van der Waals surface area contributed by atoms with Crippen LogP contribution in [0.2, 0.25) is 0 Å². The largest absolute Gasteiger partial charge is 0.466 e. The van der Waals surface area contributed by atoms with Gasteiger partial charge in [-0.15, -0.1) is 0 Å². The Hall–Kier alpha value is -0.940. The first kappa shape index (κ1) is 15.1. The summed E-state index contributed by atoms with van der Waals surface area (Å²) < 4.78 is 14.6. The number of hydrogen-bond donors (Lipinski definition) is 0. The first-order chi connectivity index (χ1) is 7.70. The van der Waals surface area contributed by atoms with Gasteiger partial charge in [0.05, 0.1) is 32.8 Å². The van der Waals surface area contributed by atoms with E-state index in [1.54, 1.807) is 14.0 Å². The topological polar surface area (TPSA) is 61.8 Å². The van der Waals surface area contributed by atoms with Crippen LogP contribution in [0, 0.1) is 0 Å². The van der Waals surface area contributed by atoms with Crippen LogP contribution in [0.15, 0.2) is 0 Å². The van der Waals surface area contributed by atoms with Gasteiger partial charge in [-0.2, -0.15) is 0 Å². The van der Waals surface area contributed by atoms with Crippen LogP contribution in [-0.2, 0) is 23.8 Å². The van der Waals surface area contributed by atoms with Crippen molar-refractivity contribution < 1.29 is 23.8 Å². The highest BCUT2D eigenvalue weighted by molar-refractivity contribution is 5.82. The fourth-order valence-corrected chi connectivity index (χ4v) is 1.03. The quantitative estimate of drug-likeness (QED) is 0.414. The molecule has 0 radical (unpaired) electrons. The van der Waals surface area contributed by atoms with E-state index in [1.807, 2.05) is 0 Å². The molecule has 5 heteroatoms. The zero-order chi connectivity index (χ0) is 12.2. The van der Waals surface area contributed by atoms with Crippen molar-refractivity contribution in [1.29, 1.82) is 0 Å². The molecule has 0 aliphatic heterocycles. The summed E-state index contributed by atoms with van der Waals surface area (Å²) in [6.07, 6.45) is 0.723. The second kappa shape index (κ2) is 10.6. The summed E-state index contributed by atoms with van der Waals surface area (Å²) in [6.45, 7) is 3.49. The van der Waals surface area contributed by atoms with Gasteiger partial charge in [0.2, 0.25) is 0 Å². The molecule has 0 amide bonds. The second-order valence-corrected chi connectivity index (χ2v) is 3.20. The lowest BCUT2D eigenvalue weighted by Gasteiger charge is -2.03. The van der Waals surface area contributed by atoms with Crippen LogP contribution < -0.4 is 0 Å². The van der Waals surface area contributed by atoms with Crippen molar-refractivity contribution in [3.63, 3.8) is 0 Å². The molecule has 0 aliphatic rings. The average Bonchev–Trinajstić information content (AvgIpc) is 2.26. The van der Waals surface area contributed by atoms with Gasteiger partial charge in [-0.25, -0.2) is 0 Å². The van der Waals surface area contributed by atoms with E-state index in [-0.39, 0.29) is 24.6 Å². The number of carbonyl (C=O) groups excluding carboxylic acids is 2. The predicted octanol–water partition coefficient (Wildman–Crippen LogP) is 0.952. The van der Waals surface area contributed by atoms with Crippen LogP contribution in [0.3, 0.4) is 0 Å². The van der Waals surface area contributed by atoms with Crippen LogP contribution in [0.1, 0.15) is 26.2 Å². The highest BCUT2D eigenvalue weighted by Gasteiger charge is 2.07. The molecule has 0 saturated carbocycles. The summed E-state index contributed by atoms with van der Waals surface area (Å²) in [5.41, 5.74) is 0. The standard InChI is InChI=1S/C11H20O5/c1-3-16-11(13)5-4-10(12)6-7-15-9-8-14-2/h3-9H2,1-2H3. The molecule has 0 aromatic carbocycles. The Balaban J connectivity index is 3.34. The molecule has 0 spiro atoms. The maximum atomic E-state index is 11.3. The number of esters is 1. The first-order valence-corrected chi connectivity index (χ1v) is 5.44. The minimum Gasteiger partial charge on any atom is -0.466 e. The van der Waals surface area contributed by atoms with Crippen LogP contribution in [0.5, 0.6) is 0 Å². The predicted molar refractivity (Wildman–Crippen MR) is 58.2 cm³/mol. The van der Waals surface area contributed by atoms with E-state index in [0.29, 0.717) is 32.8 Å². The summed E-state index contributed by atoms with van der Waals surface area (Å²) >= 11 is 0. The third-order valence-corrected chi connectivity index (χ3v) is 1.87. The Labute approximate surface area is 96.1 Å². The van der Waals surface area contributed by atoms with Gasteiger partial charge < -0.3 is 14.2 Å². The molecule has 0 rings (SSSR count). The number of ether oxygens (including phenoxy) is 3. The van der Waals surface area contributed by atoms with E-state index in [4.69, 9.17) is 14.2 Å². The zero-order valence-electron chi connectivity index (χ0n) is 9.99. The summed E-state index contributed by atoms with van der Waals surface area (Å²) in [5, 5.41) is 0. The summed E-state index contributed by atoms with van der Waals surface area (Å²) in [7, 11) is 1.59. The van der Waals surface area contributed by atoms with Gasteiger partial charge in [-0.3, -0.25) is 9.59 Å². The van der Waals surface area contributed by atoms with Crippen molar-refractivity contribution in [2.45, 2.75) is 26.2 Å². The molecular formula is C11H20O5. The molecule has 0 atom stereocenters. The van der Waals surface area contributed by atoms with Gasteiger partial charge in [-0.05, 0) is 6.92 Å². The van der Waals surface area contributed by atoms with Gasteiger partial charge in [0.1, 0.15) is 5.78 Å². The monoisotopic (exact) mass is 232 g/mol. The number of ketones is 1. The maximum absolute atomic E-state index is 11.3. The van der Waals surface area contributed by atoms with Crippen molar-refractivity contribution >= 4 is 11.8 Å². The zero-order valence-corrected chi connectivity index (χ0v) is 9.99. The molecule has 5 nitrogen and oxygen atoms in total. The fourth-order valence-electron chi connectivity index (χ4n) is 1.03. The minimum absolute atomic E-state index is 0.0190. The highest BCUT2D eigenvalue weighted by atomic mass is 16.5. The maximum Gasteiger partial charge on any atom is 0.306 e. The summed E-state index contributed by atoms with van der Waals surface area (Å²) in [6, 6.07) is 0. The molecule has 0 aromatic rings. The highest BCUT2D eigenvalue weighted by Crippen LogP contribution is 1.98. The Kier molecular flexibility index (Phi) is 9.95. The smallest absolute Gasteiger partial charge is 0.306 e. The van der Waals surface area contributed by atoms with Crippen molar-refractivity contribution in [2.75, 3.05) is 33.5 Å². The Morgan fingerprint density at radius 3 is 2.38 bits per heavy atom. The van der Waals surface area contributed by atoms with E-state index >= 15 is 0 Å². The molecule has 0 heterocycles. The Morgan fingerprint density at radius 1 is 1.00 bits per heavy atom. The molecule has 0 aromatic heterocycles. The third-order valence-electron chi connectivity index (χ3n) is 1.87. The Morgan fingerprint density at radius 2 is 1.75 bits per heavy atom. The number of hydrogen-bond acceptors (Lipinski definition) is 5. The van der Waals surface area contributed by atoms with Crippen molar-refractivity contribution in [1.82, 2.24) is 0 Å². The molecule has 0 fully saturated rings. The number of Topliss-reactive ketones (excluding diaryl/α,β-unsaturated/α-hetero) is 1. The van der Waals surface area contributed by atoms with E-state index < -0.39 is 0 Å². The SMILES string of the molecule is CCOC(=O)CCC(=O)CCOCCOC. The Bertz CT molecular complexity index is 203. The molecule has 0 N–H and O–H groups in total. The van der Waals surface area contributed by atoms with Crippen LogP contribution in [0.25, 0.3) is 0 Å². The van der Waals surface area contributed by atoms with Gasteiger partial charge in [-0.1, -0.05) is 0 Å². The first-order valence-electron chi connectivity index (χ1n) is 5.44. The van der Waals surface area contributed by atoms with Gasteiger partial charge >= 0.3 is 5.97 Å². The average molecular weight is 232 g/mol. The molecule has 0 saturated heterocycles. The molecule has 0 aliphatic carbocycles. The van der Waals surface area contributed by atoms with E-state index in [0.717, 1.165) is 0 Å². The molecule has 0 bridgehead atoms. The van der Waals surface area contributed by atoms with E-state index in [1.165, 1.54) is 0 Å². The molecule has 16 heavy (non-hydrogen) atoms. The fraction of sp³-hybridized carbons (Fsp3) is 0.818. The normalized spacial score (nSPS) is 10.1. The van der Waals surface area contributed by atoms with E-state index in [9.17, 15) is 9.59 Å². The third kappa shape index (κ3) is 9.61. The van der Waals surface area contributed by atoms with Crippen molar-refractivity contribution in [3.05, 3.63) is 0 Å². The van der Waals surface area contributed by atoms with Gasteiger partial charge in [0.15, 0.2) is 0 Å². The summed E-state index contributed by atoms with van der Waals surface area (Å²) in [4.78, 5) is 22.2.